The van der Waals surface area contributed by atoms with Gasteiger partial charge in [-0.05, 0) is 13.8 Å². The average Bonchev–Trinajstić information content (AvgIpc) is 2.35. The van der Waals surface area contributed by atoms with E-state index in [0.29, 0.717) is 5.01 Å². The largest absolute Gasteiger partial charge is 0.480 e. The van der Waals surface area contributed by atoms with E-state index >= 15 is 0 Å². The molecule has 0 saturated heterocycles. The van der Waals surface area contributed by atoms with E-state index in [1.807, 2.05) is 0 Å². The van der Waals surface area contributed by atoms with Crippen LogP contribution in [0.15, 0.2) is 5.29 Å². The van der Waals surface area contributed by atoms with Gasteiger partial charge in [-0.3, -0.25) is 9.59 Å². The second-order valence-corrected chi connectivity index (χ2v) is 4.01. The standard InChI is InChI=1S/C9H15ClN4O5/c1-5(7(15)11-6(2)8(16)17)12-9(18)14(13-19)4-3-10/h5-6H,3-4H2,1-2H3,(H,11,15)(H,12,18)(H,16,17). The summed E-state index contributed by atoms with van der Waals surface area (Å²) in [4.78, 5) is 43.9. The molecule has 2 unspecified atom stereocenters. The SMILES string of the molecule is CC(NC(=O)C(C)NC(=O)N(CCCl)N=O)C(=O)O. The van der Waals surface area contributed by atoms with Gasteiger partial charge in [0, 0.05) is 5.88 Å². The molecule has 0 aliphatic heterocycles. The Kier molecular flexibility index (Phi) is 7.42. The number of rotatable bonds is 7. The van der Waals surface area contributed by atoms with Gasteiger partial charge in [0.15, 0.2) is 0 Å². The van der Waals surface area contributed by atoms with Gasteiger partial charge in [-0.1, -0.05) is 0 Å². The molecule has 3 amide bonds. The lowest BCUT2D eigenvalue weighted by atomic mass is 10.2. The highest BCUT2D eigenvalue weighted by molar-refractivity contribution is 6.18. The fourth-order valence-corrected chi connectivity index (χ4v) is 1.15. The minimum Gasteiger partial charge on any atom is -0.480 e. The zero-order chi connectivity index (χ0) is 15.0. The summed E-state index contributed by atoms with van der Waals surface area (Å²) in [6.07, 6.45) is 0. The lowest BCUT2D eigenvalue weighted by molar-refractivity contribution is -0.141. The minimum absolute atomic E-state index is 0.00971. The maximum Gasteiger partial charge on any atom is 0.341 e. The van der Waals surface area contributed by atoms with Gasteiger partial charge in [0.05, 0.1) is 11.8 Å². The molecule has 0 spiro atoms. The molecular weight excluding hydrogens is 280 g/mol. The Labute approximate surface area is 114 Å². The third-order valence-electron chi connectivity index (χ3n) is 2.09. The number of carbonyl (C=O) groups is 3. The molecule has 10 heteroatoms. The second-order valence-electron chi connectivity index (χ2n) is 3.63. The molecule has 0 rings (SSSR count). The van der Waals surface area contributed by atoms with Gasteiger partial charge in [-0.25, -0.2) is 4.79 Å². The summed E-state index contributed by atoms with van der Waals surface area (Å²) in [6.45, 7) is 2.52. The molecule has 19 heavy (non-hydrogen) atoms. The van der Waals surface area contributed by atoms with E-state index in [0.717, 1.165) is 0 Å². The van der Waals surface area contributed by atoms with Crippen molar-refractivity contribution in [3.63, 3.8) is 0 Å². The molecule has 0 bridgehead atoms. The number of alkyl halides is 1. The maximum atomic E-state index is 11.5. The van der Waals surface area contributed by atoms with Crippen LogP contribution in [-0.4, -0.2) is 52.5 Å². The first-order chi connectivity index (χ1) is 8.83. The van der Waals surface area contributed by atoms with Crippen molar-refractivity contribution in [3.8, 4) is 0 Å². The van der Waals surface area contributed by atoms with E-state index in [1.54, 1.807) is 0 Å². The number of hydrogen-bond acceptors (Lipinski definition) is 5. The van der Waals surface area contributed by atoms with Crippen LogP contribution >= 0.6 is 11.6 Å². The van der Waals surface area contributed by atoms with Gasteiger partial charge in [0.25, 0.3) is 0 Å². The van der Waals surface area contributed by atoms with Crippen LogP contribution < -0.4 is 10.6 Å². The Bertz CT molecular complexity index is 365. The number of nitrogens with zero attached hydrogens (tertiary/aromatic N) is 2. The first-order valence-corrected chi connectivity index (χ1v) is 5.87. The first-order valence-electron chi connectivity index (χ1n) is 5.34. The van der Waals surface area contributed by atoms with Crippen LogP contribution in [0.4, 0.5) is 4.79 Å². The van der Waals surface area contributed by atoms with Crippen molar-refractivity contribution < 1.29 is 19.5 Å². The third-order valence-corrected chi connectivity index (χ3v) is 2.26. The molecule has 108 valence electrons. The quantitative estimate of drug-likeness (QED) is 0.343. The molecule has 0 aliphatic rings. The van der Waals surface area contributed by atoms with Gasteiger partial charge in [0.2, 0.25) is 5.91 Å². The highest BCUT2D eigenvalue weighted by Gasteiger charge is 2.22. The van der Waals surface area contributed by atoms with Crippen molar-refractivity contribution in [1.29, 1.82) is 0 Å². The van der Waals surface area contributed by atoms with E-state index in [4.69, 9.17) is 16.7 Å². The number of carboxylic acid groups (broad SMARTS) is 1. The van der Waals surface area contributed by atoms with Gasteiger partial charge in [-0.2, -0.15) is 5.01 Å². The van der Waals surface area contributed by atoms with Gasteiger partial charge < -0.3 is 15.7 Å². The predicted octanol–water partition coefficient (Wildman–Crippen LogP) is -0.104. The van der Waals surface area contributed by atoms with Crippen LogP contribution in [0.3, 0.4) is 0 Å². The lowest BCUT2D eigenvalue weighted by Gasteiger charge is -2.18. The van der Waals surface area contributed by atoms with E-state index in [2.05, 4.69) is 15.9 Å². The second kappa shape index (κ2) is 8.25. The zero-order valence-electron chi connectivity index (χ0n) is 10.4. The maximum absolute atomic E-state index is 11.5. The van der Waals surface area contributed by atoms with Crippen molar-refractivity contribution in [2.45, 2.75) is 25.9 Å². The van der Waals surface area contributed by atoms with Crippen LogP contribution in [0.5, 0.6) is 0 Å². The van der Waals surface area contributed by atoms with Crippen LogP contribution in [0, 0.1) is 4.91 Å². The summed E-state index contributed by atoms with van der Waals surface area (Å²) < 4.78 is 0. The normalized spacial score (nSPS) is 13.0. The molecule has 0 saturated carbocycles. The average molecular weight is 295 g/mol. The molecule has 0 aromatic carbocycles. The smallest absolute Gasteiger partial charge is 0.341 e. The molecule has 9 nitrogen and oxygen atoms in total. The Morgan fingerprint density at radius 2 is 1.84 bits per heavy atom. The Balaban J connectivity index is 4.39. The van der Waals surface area contributed by atoms with E-state index in [1.165, 1.54) is 13.8 Å². The third kappa shape index (κ3) is 6.00. The summed E-state index contributed by atoms with van der Waals surface area (Å²) in [5.41, 5.74) is 0. The summed E-state index contributed by atoms with van der Waals surface area (Å²) in [5.74, 6) is -1.89. The molecule has 0 fully saturated rings. The first kappa shape index (κ1) is 17.1. The van der Waals surface area contributed by atoms with Crippen molar-refractivity contribution >= 4 is 29.5 Å². The molecule has 0 aromatic heterocycles. The van der Waals surface area contributed by atoms with Crippen LogP contribution in [-0.2, 0) is 9.59 Å². The highest BCUT2D eigenvalue weighted by Crippen LogP contribution is 1.94. The molecule has 0 aliphatic carbocycles. The molecule has 2 atom stereocenters. The van der Waals surface area contributed by atoms with Crippen LogP contribution in [0.1, 0.15) is 13.8 Å². The number of nitrogens with one attached hydrogen (secondary N) is 2. The van der Waals surface area contributed by atoms with E-state index < -0.39 is 30.0 Å². The number of hydrogen-bond donors (Lipinski definition) is 3. The van der Waals surface area contributed by atoms with Gasteiger partial charge in [0.1, 0.15) is 12.1 Å². The number of carbonyl (C=O) groups excluding carboxylic acids is 2. The minimum atomic E-state index is -1.20. The van der Waals surface area contributed by atoms with Crippen LogP contribution in [0.25, 0.3) is 0 Å². The topological polar surface area (TPSA) is 128 Å². The summed E-state index contributed by atoms with van der Waals surface area (Å²) in [7, 11) is 0. The number of amides is 3. The van der Waals surface area contributed by atoms with Gasteiger partial charge >= 0.3 is 12.0 Å². The Morgan fingerprint density at radius 1 is 1.26 bits per heavy atom. The highest BCUT2D eigenvalue weighted by atomic mass is 35.5. The summed E-state index contributed by atoms with van der Waals surface area (Å²) in [5, 5.41) is 15.9. The molecule has 0 heterocycles. The zero-order valence-corrected chi connectivity index (χ0v) is 11.2. The van der Waals surface area contributed by atoms with Crippen molar-refractivity contribution in [2.75, 3.05) is 12.4 Å². The molecule has 0 aromatic rings. The van der Waals surface area contributed by atoms with E-state index in [9.17, 15) is 19.3 Å². The summed E-state index contributed by atoms with van der Waals surface area (Å²) >= 11 is 5.36. The predicted molar refractivity (Wildman–Crippen MR) is 66.5 cm³/mol. The molecule has 3 N–H and O–H groups in total. The lowest BCUT2D eigenvalue weighted by Crippen LogP contribution is -2.51. The number of urea groups is 1. The number of carboxylic acids is 1. The monoisotopic (exact) mass is 294 g/mol. The number of nitroso groups, excluding NO2 is 1. The summed E-state index contributed by atoms with van der Waals surface area (Å²) in [6, 6.07) is -3.00. The molecule has 0 radical (unpaired) electrons. The van der Waals surface area contributed by atoms with Gasteiger partial charge in [-0.15, -0.1) is 16.5 Å². The fourth-order valence-electron chi connectivity index (χ4n) is 0.985. The van der Waals surface area contributed by atoms with E-state index in [-0.39, 0.29) is 12.4 Å². The Morgan fingerprint density at radius 3 is 2.26 bits per heavy atom. The number of aliphatic carboxylic acids is 1. The Hall–Kier alpha value is -1.90. The molecular formula is C9H15ClN4O5. The van der Waals surface area contributed by atoms with Crippen LogP contribution in [0.2, 0.25) is 0 Å². The fraction of sp³-hybridized carbons (Fsp3) is 0.667. The number of halogens is 1. The van der Waals surface area contributed by atoms with Crippen molar-refractivity contribution in [3.05, 3.63) is 4.91 Å². The van der Waals surface area contributed by atoms with Crippen molar-refractivity contribution in [1.82, 2.24) is 15.6 Å². The van der Waals surface area contributed by atoms with Crippen molar-refractivity contribution in [2.24, 2.45) is 5.29 Å².